The van der Waals surface area contributed by atoms with Crippen molar-refractivity contribution < 1.29 is 4.74 Å². The molecule has 76 valence electrons. The summed E-state index contributed by atoms with van der Waals surface area (Å²) in [5.74, 6) is 2.50. The molecule has 2 heteroatoms. The number of methoxy groups -OCH3 is 1. The fourth-order valence-electron chi connectivity index (χ4n) is 2.06. The summed E-state index contributed by atoms with van der Waals surface area (Å²) in [5, 5.41) is 0. The minimum atomic E-state index is 0.730. The third-order valence-corrected chi connectivity index (χ3v) is 2.98. The number of hydrogen-bond donors (Lipinski definition) is 1. The molecule has 0 amide bonds. The van der Waals surface area contributed by atoms with Crippen molar-refractivity contribution in [2.45, 2.75) is 18.8 Å². The molecule has 0 unspecified atom stereocenters. The van der Waals surface area contributed by atoms with E-state index in [0.29, 0.717) is 0 Å². The van der Waals surface area contributed by atoms with Crippen molar-refractivity contribution in [2.24, 2.45) is 11.7 Å². The molecule has 0 heterocycles. The first kappa shape index (κ1) is 9.53. The van der Waals surface area contributed by atoms with E-state index in [4.69, 9.17) is 10.5 Å². The molecular formula is C12H17NO. The van der Waals surface area contributed by atoms with Gasteiger partial charge in [0.2, 0.25) is 0 Å². The highest BCUT2D eigenvalue weighted by molar-refractivity contribution is 5.33. The highest BCUT2D eigenvalue weighted by Gasteiger charge is 2.37. The summed E-state index contributed by atoms with van der Waals surface area (Å²) >= 11 is 0. The summed E-state index contributed by atoms with van der Waals surface area (Å²) in [6.07, 6.45) is 2.45. The van der Waals surface area contributed by atoms with Crippen molar-refractivity contribution in [1.82, 2.24) is 0 Å². The van der Waals surface area contributed by atoms with E-state index in [9.17, 15) is 0 Å². The molecule has 1 aliphatic carbocycles. The average Bonchev–Trinajstić information content (AvgIpc) is 2.98. The average molecular weight is 191 g/mol. The van der Waals surface area contributed by atoms with Crippen LogP contribution in [0.15, 0.2) is 24.3 Å². The summed E-state index contributed by atoms with van der Waals surface area (Å²) in [4.78, 5) is 0. The number of rotatable bonds is 4. The van der Waals surface area contributed by atoms with Gasteiger partial charge >= 0.3 is 0 Å². The second-order valence-corrected chi connectivity index (χ2v) is 3.96. The van der Waals surface area contributed by atoms with Gasteiger partial charge in [0, 0.05) is 0 Å². The Morgan fingerprint density at radius 2 is 2.36 bits per heavy atom. The molecule has 0 radical (unpaired) electrons. The Morgan fingerprint density at radius 1 is 1.50 bits per heavy atom. The Hall–Kier alpha value is -1.02. The van der Waals surface area contributed by atoms with Gasteiger partial charge in [-0.3, -0.25) is 0 Å². The van der Waals surface area contributed by atoms with Crippen LogP contribution in [0.4, 0.5) is 0 Å². The summed E-state index contributed by atoms with van der Waals surface area (Å²) in [6, 6.07) is 8.38. The Labute approximate surface area is 85.1 Å². The van der Waals surface area contributed by atoms with Gasteiger partial charge in [0.05, 0.1) is 7.11 Å². The molecular weight excluding hydrogens is 174 g/mol. The third kappa shape index (κ3) is 1.90. The molecule has 1 saturated carbocycles. The van der Waals surface area contributed by atoms with Crippen LogP contribution in [0.25, 0.3) is 0 Å². The monoisotopic (exact) mass is 191 g/mol. The molecule has 0 spiro atoms. The standard InChI is InChI=1S/C12H17NO/c1-14-11-4-2-3-9(7-11)12-8-10(12)5-6-13/h2-4,7,10,12H,5-6,8,13H2,1H3/t10-,12+/m1/s1. The van der Waals surface area contributed by atoms with Gasteiger partial charge < -0.3 is 10.5 Å². The van der Waals surface area contributed by atoms with Crippen molar-refractivity contribution in [3.8, 4) is 5.75 Å². The number of hydrogen-bond acceptors (Lipinski definition) is 2. The SMILES string of the molecule is COc1cccc([C@@H]2C[C@H]2CCN)c1. The van der Waals surface area contributed by atoms with Crippen LogP contribution in [-0.4, -0.2) is 13.7 Å². The van der Waals surface area contributed by atoms with Crippen LogP contribution in [0.3, 0.4) is 0 Å². The number of ether oxygens (including phenoxy) is 1. The maximum atomic E-state index is 5.54. The van der Waals surface area contributed by atoms with Gasteiger partial charge in [-0.2, -0.15) is 0 Å². The molecule has 2 atom stereocenters. The number of benzene rings is 1. The fraction of sp³-hybridized carbons (Fsp3) is 0.500. The largest absolute Gasteiger partial charge is 0.497 e. The number of nitrogens with two attached hydrogens (primary N) is 1. The van der Waals surface area contributed by atoms with Gasteiger partial charge in [0.1, 0.15) is 5.75 Å². The van der Waals surface area contributed by atoms with E-state index in [2.05, 4.69) is 18.2 Å². The van der Waals surface area contributed by atoms with Gasteiger partial charge in [-0.1, -0.05) is 12.1 Å². The Balaban J connectivity index is 2.03. The van der Waals surface area contributed by atoms with Gasteiger partial charge in [0.15, 0.2) is 0 Å². The van der Waals surface area contributed by atoms with Crippen molar-refractivity contribution in [3.05, 3.63) is 29.8 Å². The maximum absolute atomic E-state index is 5.54. The Kier molecular flexibility index (Phi) is 2.73. The molecule has 2 nitrogen and oxygen atoms in total. The normalized spacial score (nSPS) is 24.7. The zero-order valence-corrected chi connectivity index (χ0v) is 8.57. The fourth-order valence-corrected chi connectivity index (χ4v) is 2.06. The molecule has 1 aliphatic rings. The summed E-state index contributed by atoms with van der Waals surface area (Å²) < 4.78 is 5.20. The predicted octanol–water partition coefficient (Wildman–Crippen LogP) is 2.15. The van der Waals surface area contributed by atoms with Gasteiger partial charge in [0.25, 0.3) is 0 Å². The van der Waals surface area contributed by atoms with Crippen molar-refractivity contribution >= 4 is 0 Å². The Bertz CT molecular complexity index is 311. The quantitative estimate of drug-likeness (QED) is 0.791. The minimum Gasteiger partial charge on any atom is -0.497 e. The van der Waals surface area contributed by atoms with Crippen LogP contribution in [0.5, 0.6) is 5.75 Å². The van der Waals surface area contributed by atoms with E-state index in [1.165, 1.54) is 12.0 Å². The third-order valence-electron chi connectivity index (χ3n) is 2.98. The molecule has 1 fully saturated rings. The van der Waals surface area contributed by atoms with E-state index in [1.807, 2.05) is 6.07 Å². The summed E-state index contributed by atoms with van der Waals surface area (Å²) in [7, 11) is 1.71. The molecule has 2 rings (SSSR count). The summed E-state index contributed by atoms with van der Waals surface area (Å²) in [5.41, 5.74) is 6.95. The van der Waals surface area contributed by atoms with Crippen LogP contribution in [0, 0.1) is 5.92 Å². The molecule has 0 aromatic heterocycles. The van der Waals surface area contributed by atoms with E-state index < -0.39 is 0 Å². The van der Waals surface area contributed by atoms with Crippen LogP contribution in [0.2, 0.25) is 0 Å². The van der Waals surface area contributed by atoms with Gasteiger partial charge in [-0.25, -0.2) is 0 Å². The zero-order valence-electron chi connectivity index (χ0n) is 8.57. The first-order chi connectivity index (χ1) is 6.85. The Morgan fingerprint density at radius 3 is 3.07 bits per heavy atom. The predicted molar refractivity (Wildman–Crippen MR) is 57.5 cm³/mol. The van der Waals surface area contributed by atoms with E-state index in [1.54, 1.807) is 7.11 Å². The molecule has 1 aromatic carbocycles. The molecule has 0 bridgehead atoms. The zero-order chi connectivity index (χ0) is 9.97. The molecule has 1 aromatic rings. The lowest BCUT2D eigenvalue weighted by molar-refractivity contribution is 0.414. The lowest BCUT2D eigenvalue weighted by atomic mass is 10.1. The van der Waals surface area contributed by atoms with Crippen LogP contribution in [-0.2, 0) is 0 Å². The van der Waals surface area contributed by atoms with Crippen LogP contribution in [0.1, 0.15) is 24.3 Å². The van der Waals surface area contributed by atoms with E-state index in [0.717, 1.165) is 30.6 Å². The highest BCUT2D eigenvalue weighted by Crippen LogP contribution is 2.49. The van der Waals surface area contributed by atoms with Crippen molar-refractivity contribution in [1.29, 1.82) is 0 Å². The first-order valence-corrected chi connectivity index (χ1v) is 5.19. The van der Waals surface area contributed by atoms with E-state index >= 15 is 0 Å². The smallest absolute Gasteiger partial charge is 0.119 e. The van der Waals surface area contributed by atoms with Crippen LogP contribution >= 0.6 is 0 Å². The lowest BCUT2D eigenvalue weighted by Crippen LogP contribution is -1.99. The van der Waals surface area contributed by atoms with Crippen LogP contribution < -0.4 is 10.5 Å². The molecule has 2 N–H and O–H groups in total. The first-order valence-electron chi connectivity index (χ1n) is 5.19. The van der Waals surface area contributed by atoms with E-state index in [-0.39, 0.29) is 0 Å². The topological polar surface area (TPSA) is 35.2 Å². The molecule has 0 aliphatic heterocycles. The van der Waals surface area contributed by atoms with Gasteiger partial charge in [-0.05, 0) is 48.9 Å². The molecule has 14 heavy (non-hydrogen) atoms. The second kappa shape index (κ2) is 4.01. The maximum Gasteiger partial charge on any atom is 0.119 e. The second-order valence-electron chi connectivity index (χ2n) is 3.96. The van der Waals surface area contributed by atoms with Crippen molar-refractivity contribution in [3.63, 3.8) is 0 Å². The highest BCUT2D eigenvalue weighted by atomic mass is 16.5. The molecule has 0 saturated heterocycles. The van der Waals surface area contributed by atoms with Gasteiger partial charge in [-0.15, -0.1) is 0 Å². The minimum absolute atomic E-state index is 0.730. The lowest BCUT2D eigenvalue weighted by Gasteiger charge is -2.03. The summed E-state index contributed by atoms with van der Waals surface area (Å²) in [6.45, 7) is 0.811. The van der Waals surface area contributed by atoms with Crippen molar-refractivity contribution in [2.75, 3.05) is 13.7 Å².